The number of benzene rings is 1. The molecule has 0 radical (unpaired) electrons. The number of hydrogen-bond donors (Lipinski definition) is 2. The summed E-state index contributed by atoms with van der Waals surface area (Å²) in [4.78, 5) is 10.7. The molecule has 1 aromatic carbocycles. The molecule has 1 aliphatic heterocycles. The van der Waals surface area contributed by atoms with Crippen LogP contribution in [0.4, 0.5) is 0 Å². The first kappa shape index (κ1) is 11.5. The van der Waals surface area contributed by atoms with E-state index in [1.807, 2.05) is 0 Å². The maximum absolute atomic E-state index is 10.7. The van der Waals surface area contributed by atoms with Crippen LogP contribution >= 0.6 is 0 Å². The number of carbonyl (C=O) groups excluding carboxylic acids is 1. The number of ether oxygens (including phenoxy) is 3. The number of nitrogens with one attached hydrogen (secondary N) is 1. The molecule has 0 saturated carbocycles. The lowest BCUT2D eigenvalue weighted by atomic mass is 10.3. The van der Waals surface area contributed by atoms with E-state index in [9.17, 15) is 4.79 Å². The van der Waals surface area contributed by atoms with Crippen molar-refractivity contribution >= 4 is 5.91 Å². The zero-order chi connectivity index (χ0) is 12.1. The van der Waals surface area contributed by atoms with Crippen molar-refractivity contribution in [1.82, 2.24) is 5.32 Å². The molecule has 1 heterocycles. The van der Waals surface area contributed by atoms with E-state index < -0.39 is 12.5 Å². The minimum atomic E-state index is -0.510. The molecular formula is C11H13NO5. The van der Waals surface area contributed by atoms with Gasteiger partial charge in [0.2, 0.25) is 12.7 Å². The van der Waals surface area contributed by atoms with Gasteiger partial charge in [-0.1, -0.05) is 0 Å². The SMILES string of the molecule is O=C(CO)NCCOc1ccc2c(c1)OCO2. The van der Waals surface area contributed by atoms with Crippen molar-refractivity contribution in [3.05, 3.63) is 18.2 Å². The highest BCUT2D eigenvalue weighted by atomic mass is 16.7. The van der Waals surface area contributed by atoms with Crippen molar-refractivity contribution in [2.24, 2.45) is 0 Å². The zero-order valence-corrected chi connectivity index (χ0v) is 9.14. The highest BCUT2D eigenvalue weighted by Crippen LogP contribution is 2.34. The summed E-state index contributed by atoms with van der Waals surface area (Å²) in [6, 6.07) is 5.27. The van der Waals surface area contributed by atoms with Gasteiger partial charge < -0.3 is 24.6 Å². The maximum Gasteiger partial charge on any atom is 0.245 e. The van der Waals surface area contributed by atoms with E-state index in [1.165, 1.54) is 0 Å². The van der Waals surface area contributed by atoms with Crippen LogP contribution in [-0.4, -0.2) is 37.6 Å². The van der Waals surface area contributed by atoms with Gasteiger partial charge in [-0.3, -0.25) is 4.79 Å². The van der Waals surface area contributed by atoms with Crippen LogP contribution in [0.5, 0.6) is 17.2 Å². The predicted octanol–water partition coefficient (Wildman–Crippen LogP) is -0.0974. The number of fused-ring (bicyclic) bond motifs is 1. The fourth-order valence-electron chi connectivity index (χ4n) is 1.38. The van der Waals surface area contributed by atoms with Gasteiger partial charge in [-0.15, -0.1) is 0 Å². The van der Waals surface area contributed by atoms with Crippen molar-refractivity contribution in [2.45, 2.75) is 0 Å². The van der Waals surface area contributed by atoms with E-state index in [2.05, 4.69) is 5.32 Å². The fraction of sp³-hybridized carbons (Fsp3) is 0.364. The zero-order valence-electron chi connectivity index (χ0n) is 9.14. The minimum Gasteiger partial charge on any atom is -0.492 e. The average molecular weight is 239 g/mol. The van der Waals surface area contributed by atoms with Crippen molar-refractivity contribution < 1.29 is 24.1 Å². The first-order valence-electron chi connectivity index (χ1n) is 5.19. The lowest BCUT2D eigenvalue weighted by molar-refractivity contribution is -0.123. The van der Waals surface area contributed by atoms with E-state index in [1.54, 1.807) is 18.2 Å². The number of rotatable bonds is 5. The topological polar surface area (TPSA) is 77.0 Å². The molecule has 2 N–H and O–H groups in total. The Morgan fingerprint density at radius 3 is 3.06 bits per heavy atom. The summed E-state index contributed by atoms with van der Waals surface area (Å²) < 4.78 is 15.8. The van der Waals surface area contributed by atoms with E-state index in [0.29, 0.717) is 30.4 Å². The normalized spacial score (nSPS) is 12.3. The fourth-order valence-corrected chi connectivity index (χ4v) is 1.38. The Morgan fingerprint density at radius 2 is 2.24 bits per heavy atom. The molecule has 2 rings (SSSR count). The molecule has 92 valence electrons. The van der Waals surface area contributed by atoms with E-state index in [-0.39, 0.29) is 6.79 Å². The molecule has 1 amide bonds. The van der Waals surface area contributed by atoms with Gasteiger partial charge in [0.15, 0.2) is 11.5 Å². The third-order valence-electron chi connectivity index (χ3n) is 2.18. The molecule has 0 aliphatic carbocycles. The molecule has 0 spiro atoms. The lowest BCUT2D eigenvalue weighted by Gasteiger charge is -2.07. The Labute approximate surface area is 98.1 Å². The van der Waals surface area contributed by atoms with Crippen LogP contribution < -0.4 is 19.5 Å². The van der Waals surface area contributed by atoms with Crippen LogP contribution in [0, 0.1) is 0 Å². The van der Waals surface area contributed by atoms with Crippen molar-refractivity contribution in [3.8, 4) is 17.2 Å². The summed E-state index contributed by atoms with van der Waals surface area (Å²) in [5.74, 6) is 1.58. The van der Waals surface area contributed by atoms with Crippen LogP contribution in [0.15, 0.2) is 18.2 Å². The van der Waals surface area contributed by atoms with Crippen LogP contribution in [0.2, 0.25) is 0 Å². The highest BCUT2D eigenvalue weighted by Gasteiger charge is 2.13. The summed E-state index contributed by atoms with van der Waals surface area (Å²) in [5, 5.41) is 11.0. The van der Waals surface area contributed by atoms with Gasteiger partial charge >= 0.3 is 0 Å². The Morgan fingerprint density at radius 1 is 1.41 bits per heavy atom. The van der Waals surface area contributed by atoms with Gasteiger partial charge in [0.1, 0.15) is 19.0 Å². The number of aliphatic hydroxyl groups excluding tert-OH is 1. The first-order chi connectivity index (χ1) is 8.29. The van der Waals surface area contributed by atoms with Gasteiger partial charge in [0.05, 0.1) is 6.54 Å². The lowest BCUT2D eigenvalue weighted by Crippen LogP contribution is -2.30. The minimum absolute atomic E-state index is 0.228. The molecule has 6 heteroatoms. The molecule has 0 bridgehead atoms. The van der Waals surface area contributed by atoms with Crippen molar-refractivity contribution in [2.75, 3.05) is 26.6 Å². The number of amides is 1. The summed E-state index contributed by atoms with van der Waals surface area (Å²) in [6.07, 6.45) is 0. The van der Waals surface area contributed by atoms with Gasteiger partial charge in [-0.2, -0.15) is 0 Å². The molecule has 0 fully saturated rings. The van der Waals surface area contributed by atoms with Crippen molar-refractivity contribution in [3.63, 3.8) is 0 Å². The highest BCUT2D eigenvalue weighted by molar-refractivity contribution is 5.76. The van der Waals surface area contributed by atoms with Crippen molar-refractivity contribution in [1.29, 1.82) is 0 Å². The third-order valence-corrected chi connectivity index (χ3v) is 2.18. The molecule has 6 nitrogen and oxygen atoms in total. The molecule has 1 aliphatic rings. The molecule has 17 heavy (non-hydrogen) atoms. The Balaban J connectivity index is 1.78. The smallest absolute Gasteiger partial charge is 0.245 e. The summed E-state index contributed by atoms with van der Waals surface area (Å²) >= 11 is 0. The number of aliphatic hydroxyl groups is 1. The monoisotopic (exact) mass is 239 g/mol. The summed E-state index contributed by atoms with van der Waals surface area (Å²) in [7, 11) is 0. The van der Waals surface area contributed by atoms with Gasteiger partial charge in [-0.05, 0) is 12.1 Å². The number of carbonyl (C=O) groups is 1. The standard InChI is InChI=1S/C11H13NO5/c13-6-11(14)12-3-4-15-8-1-2-9-10(5-8)17-7-16-9/h1-2,5,13H,3-4,6-7H2,(H,12,14). The largest absolute Gasteiger partial charge is 0.492 e. The summed E-state index contributed by atoms with van der Waals surface area (Å²) in [5.41, 5.74) is 0. The molecule has 0 atom stereocenters. The van der Waals surface area contributed by atoms with Gasteiger partial charge in [-0.25, -0.2) is 0 Å². The molecule has 1 aromatic rings. The van der Waals surface area contributed by atoms with Crippen LogP contribution in [-0.2, 0) is 4.79 Å². The second-order valence-corrected chi connectivity index (χ2v) is 3.37. The van der Waals surface area contributed by atoms with Gasteiger partial charge in [0, 0.05) is 6.07 Å². The molecule has 0 unspecified atom stereocenters. The Kier molecular flexibility index (Phi) is 3.66. The van der Waals surface area contributed by atoms with E-state index >= 15 is 0 Å². The Bertz CT molecular complexity index is 407. The second-order valence-electron chi connectivity index (χ2n) is 3.37. The van der Waals surface area contributed by atoms with E-state index in [4.69, 9.17) is 19.3 Å². The first-order valence-corrected chi connectivity index (χ1v) is 5.19. The van der Waals surface area contributed by atoms with Crippen LogP contribution in [0.25, 0.3) is 0 Å². The predicted molar refractivity (Wildman–Crippen MR) is 58.2 cm³/mol. The molecule has 0 saturated heterocycles. The van der Waals surface area contributed by atoms with Crippen LogP contribution in [0.3, 0.4) is 0 Å². The average Bonchev–Trinajstić information content (AvgIpc) is 2.81. The Hall–Kier alpha value is -1.95. The third kappa shape index (κ3) is 3.01. The van der Waals surface area contributed by atoms with Gasteiger partial charge in [0.25, 0.3) is 0 Å². The van der Waals surface area contributed by atoms with E-state index in [0.717, 1.165) is 0 Å². The molecule has 0 aromatic heterocycles. The molecular weight excluding hydrogens is 226 g/mol. The van der Waals surface area contributed by atoms with Crippen LogP contribution in [0.1, 0.15) is 0 Å². The quantitative estimate of drug-likeness (QED) is 0.702. The summed E-state index contributed by atoms with van der Waals surface area (Å²) in [6.45, 7) is 0.384. The maximum atomic E-state index is 10.7. The number of hydrogen-bond acceptors (Lipinski definition) is 5. The second kappa shape index (κ2) is 5.40.